The van der Waals surface area contributed by atoms with Crippen LogP contribution in [0.25, 0.3) is 0 Å². The number of ether oxygens (including phenoxy) is 3. The number of hydrogen-bond donors (Lipinski definition) is 1. The van der Waals surface area contributed by atoms with Crippen LogP contribution in [0, 0.1) is 5.82 Å². The molecule has 8 heteroatoms. The van der Waals surface area contributed by atoms with Gasteiger partial charge in [-0.2, -0.15) is 0 Å². The minimum absolute atomic E-state index is 0. The first kappa shape index (κ1) is 24.2. The number of nitrogens with one attached hydrogen (secondary N) is 1. The Bertz CT molecular complexity index is 892. The lowest BCUT2D eigenvalue weighted by molar-refractivity contribution is 0.181. The Morgan fingerprint density at radius 1 is 1.10 bits per heavy atom. The molecular formula is C22H29FIN3O3. The van der Waals surface area contributed by atoms with Gasteiger partial charge in [0.15, 0.2) is 17.5 Å². The van der Waals surface area contributed by atoms with Crippen molar-refractivity contribution in [3.63, 3.8) is 0 Å². The molecule has 1 heterocycles. The largest absolute Gasteiger partial charge is 0.493 e. The van der Waals surface area contributed by atoms with Gasteiger partial charge in [0.05, 0.1) is 20.8 Å². The van der Waals surface area contributed by atoms with Crippen LogP contribution in [0.4, 0.5) is 4.39 Å². The predicted octanol–water partition coefficient (Wildman–Crippen LogP) is 3.74. The molecular weight excluding hydrogens is 500 g/mol. The van der Waals surface area contributed by atoms with Crippen LogP contribution in [0.5, 0.6) is 11.5 Å². The van der Waals surface area contributed by atoms with E-state index in [9.17, 15) is 4.39 Å². The fourth-order valence-corrected chi connectivity index (χ4v) is 3.58. The average Bonchev–Trinajstić information content (AvgIpc) is 2.75. The van der Waals surface area contributed by atoms with Gasteiger partial charge in [0.25, 0.3) is 0 Å². The highest BCUT2D eigenvalue weighted by Gasteiger charge is 2.21. The van der Waals surface area contributed by atoms with Gasteiger partial charge in [-0.05, 0) is 47.4 Å². The zero-order chi connectivity index (χ0) is 20.8. The quantitative estimate of drug-likeness (QED) is 0.351. The average molecular weight is 529 g/mol. The molecule has 0 radical (unpaired) electrons. The second-order valence-corrected chi connectivity index (χ2v) is 6.91. The third-order valence-corrected chi connectivity index (χ3v) is 5.09. The summed E-state index contributed by atoms with van der Waals surface area (Å²) in [5, 5.41) is 3.38. The summed E-state index contributed by atoms with van der Waals surface area (Å²) in [5.41, 5.74) is 3.98. The van der Waals surface area contributed by atoms with Crippen molar-refractivity contribution in [1.82, 2.24) is 10.2 Å². The molecule has 2 aromatic carbocycles. The van der Waals surface area contributed by atoms with E-state index in [0.717, 1.165) is 42.5 Å². The summed E-state index contributed by atoms with van der Waals surface area (Å²) in [4.78, 5) is 6.63. The number of benzene rings is 2. The van der Waals surface area contributed by atoms with Gasteiger partial charge >= 0.3 is 0 Å². The minimum atomic E-state index is -0.253. The number of guanidine groups is 1. The van der Waals surface area contributed by atoms with Crippen LogP contribution >= 0.6 is 24.0 Å². The number of fused-ring (bicyclic) bond motifs is 1. The summed E-state index contributed by atoms with van der Waals surface area (Å²) in [6, 6.07) is 9.16. The Morgan fingerprint density at radius 2 is 1.80 bits per heavy atom. The molecule has 0 atom stereocenters. The third-order valence-electron chi connectivity index (χ3n) is 5.09. The lowest BCUT2D eigenvalue weighted by Gasteiger charge is -2.32. The number of hydrogen-bond acceptors (Lipinski definition) is 4. The number of nitrogens with zero attached hydrogens (tertiary/aromatic N) is 2. The highest BCUT2D eigenvalue weighted by atomic mass is 127. The summed E-state index contributed by atoms with van der Waals surface area (Å²) in [5.74, 6) is 2.04. The molecule has 30 heavy (non-hydrogen) atoms. The number of rotatable bonds is 6. The summed E-state index contributed by atoms with van der Waals surface area (Å²) in [6.07, 6.45) is 0.894. The number of methoxy groups -OCH3 is 3. The van der Waals surface area contributed by atoms with E-state index in [1.54, 1.807) is 34.4 Å². The van der Waals surface area contributed by atoms with E-state index >= 15 is 0 Å². The second kappa shape index (κ2) is 11.4. The zero-order valence-electron chi connectivity index (χ0n) is 17.8. The van der Waals surface area contributed by atoms with Crippen molar-refractivity contribution in [3.8, 4) is 11.5 Å². The molecule has 0 saturated heterocycles. The van der Waals surface area contributed by atoms with Crippen molar-refractivity contribution in [2.75, 3.05) is 34.9 Å². The maximum absolute atomic E-state index is 13.8. The van der Waals surface area contributed by atoms with Gasteiger partial charge in [-0.1, -0.05) is 6.07 Å². The van der Waals surface area contributed by atoms with E-state index in [4.69, 9.17) is 14.2 Å². The van der Waals surface area contributed by atoms with Crippen LogP contribution in [0.15, 0.2) is 35.3 Å². The van der Waals surface area contributed by atoms with Crippen molar-refractivity contribution in [1.29, 1.82) is 0 Å². The summed E-state index contributed by atoms with van der Waals surface area (Å²) >= 11 is 0. The highest BCUT2D eigenvalue weighted by molar-refractivity contribution is 14.0. The standard InChI is InChI=1S/C22H28FN3O3.HI/c1-24-22(25-12-15-5-6-19(23)18(9-15)14-27-2)26-8-7-16-10-20(28-3)21(29-4)11-17(16)13-26;/h5-6,9-11H,7-8,12-14H2,1-4H3,(H,24,25);1H. The third kappa shape index (κ3) is 5.54. The SMILES string of the molecule is CN=C(NCc1ccc(F)c(COC)c1)N1CCc2cc(OC)c(OC)cc2C1.I. The summed E-state index contributed by atoms with van der Waals surface area (Å²) < 4.78 is 29.7. The first-order chi connectivity index (χ1) is 14.1. The molecule has 0 aliphatic carbocycles. The lowest BCUT2D eigenvalue weighted by Crippen LogP contribution is -2.43. The van der Waals surface area contributed by atoms with Gasteiger partial charge in [-0.3, -0.25) is 4.99 Å². The first-order valence-corrected chi connectivity index (χ1v) is 9.55. The van der Waals surface area contributed by atoms with E-state index < -0.39 is 0 Å². The fraction of sp³-hybridized carbons (Fsp3) is 0.409. The van der Waals surface area contributed by atoms with Crippen molar-refractivity contribution in [3.05, 3.63) is 58.4 Å². The first-order valence-electron chi connectivity index (χ1n) is 9.55. The zero-order valence-corrected chi connectivity index (χ0v) is 20.2. The van der Waals surface area contributed by atoms with Gasteiger partial charge < -0.3 is 24.4 Å². The van der Waals surface area contributed by atoms with Crippen LogP contribution in [-0.4, -0.2) is 45.8 Å². The van der Waals surface area contributed by atoms with Crippen molar-refractivity contribution >= 4 is 29.9 Å². The van der Waals surface area contributed by atoms with Crippen LogP contribution < -0.4 is 14.8 Å². The molecule has 0 aromatic heterocycles. The van der Waals surface area contributed by atoms with Crippen molar-refractivity contribution in [2.45, 2.75) is 26.1 Å². The molecule has 6 nitrogen and oxygen atoms in total. The second-order valence-electron chi connectivity index (χ2n) is 6.91. The van der Waals surface area contributed by atoms with Crippen molar-refractivity contribution in [2.24, 2.45) is 4.99 Å². The topological polar surface area (TPSA) is 55.3 Å². The van der Waals surface area contributed by atoms with Crippen LogP contribution in [0.1, 0.15) is 22.3 Å². The van der Waals surface area contributed by atoms with E-state index in [1.165, 1.54) is 17.2 Å². The minimum Gasteiger partial charge on any atom is -0.493 e. The molecule has 0 bridgehead atoms. The van der Waals surface area contributed by atoms with Gasteiger partial charge in [-0.15, -0.1) is 24.0 Å². The van der Waals surface area contributed by atoms with E-state index in [0.29, 0.717) is 12.1 Å². The molecule has 2 aromatic rings. The molecule has 0 unspecified atom stereocenters. The van der Waals surface area contributed by atoms with Gasteiger partial charge in [-0.25, -0.2) is 4.39 Å². The fourth-order valence-electron chi connectivity index (χ4n) is 3.58. The Labute approximate surface area is 194 Å². The molecule has 1 aliphatic rings. The smallest absolute Gasteiger partial charge is 0.194 e. The van der Waals surface area contributed by atoms with Gasteiger partial charge in [0.2, 0.25) is 0 Å². The molecule has 0 amide bonds. The van der Waals surface area contributed by atoms with Crippen LogP contribution in [-0.2, 0) is 30.9 Å². The molecule has 0 spiro atoms. The van der Waals surface area contributed by atoms with E-state index in [1.807, 2.05) is 12.1 Å². The molecule has 164 valence electrons. The number of aliphatic imine (C=N–C) groups is 1. The summed E-state index contributed by atoms with van der Waals surface area (Å²) in [6.45, 7) is 2.38. The Balaban J connectivity index is 0.00000320. The Hall–Kier alpha value is -2.07. The lowest BCUT2D eigenvalue weighted by atomic mass is 9.99. The van der Waals surface area contributed by atoms with E-state index in [-0.39, 0.29) is 36.4 Å². The van der Waals surface area contributed by atoms with Crippen LogP contribution in [0.2, 0.25) is 0 Å². The van der Waals surface area contributed by atoms with Crippen molar-refractivity contribution < 1.29 is 18.6 Å². The molecule has 1 aliphatic heterocycles. The molecule has 3 rings (SSSR count). The van der Waals surface area contributed by atoms with Gasteiger partial charge in [0, 0.05) is 39.4 Å². The Morgan fingerprint density at radius 3 is 2.43 bits per heavy atom. The van der Waals surface area contributed by atoms with Gasteiger partial charge in [0.1, 0.15) is 5.82 Å². The summed E-state index contributed by atoms with van der Waals surface area (Å²) in [7, 11) is 6.63. The Kier molecular flexibility index (Phi) is 9.16. The monoisotopic (exact) mass is 529 g/mol. The predicted molar refractivity (Wildman–Crippen MR) is 126 cm³/mol. The van der Waals surface area contributed by atoms with E-state index in [2.05, 4.69) is 21.3 Å². The highest BCUT2D eigenvalue weighted by Crippen LogP contribution is 2.33. The normalized spacial score (nSPS) is 13.4. The number of halogens is 2. The maximum Gasteiger partial charge on any atom is 0.194 e. The molecule has 0 fully saturated rings. The molecule has 0 saturated carbocycles. The molecule has 1 N–H and O–H groups in total. The maximum atomic E-state index is 13.8. The van der Waals surface area contributed by atoms with Crippen LogP contribution in [0.3, 0.4) is 0 Å².